The molecule has 0 heterocycles. The van der Waals surface area contributed by atoms with Gasteiger partial charge in [0.05, 0.1) is 26.4 Å². The molecule has 642 valence electrons. The summed E-state index contributed by atoms with van der Waals surface area (Å²) in [6, 6.07) is 0. The summed E-state index contributed by atoms with van der Waals surface area (Å²) in [6.07, 6.45) is 73.6. The predicted octanol–water partition coefficient (Wildman–Crippen LogP) is 27.4. The molecule has 0 bridgehead atoms. The Balaban J connectivity index is 5.24. The average molecular weight is 1580 g/mol. The van der Waals surface area contributed by atoms with Gasteiger partial charge in [-0.2, -0.15) is 0 Å². The first-order valence-corrected chi connectivity index (χ1v) is 49.0. The number of carbonyl (C=O) groups excluding carboxylic acids is 4. The van der Waals surface area contributed by atoms with Gasteiger partial charge in [0.25, 0.3) is 0 Å². The van der Waals surface area contributed by atoms with Crippen molar-refractivity contribution >= 4 is 39.5 Å². The van der Waals surface area contributed by atoms with Crippen molar-refractivity contribution in [2.45, 2.75) is 496 Å². The molecule has 108 heavy (non-hydrogen) atoms. The molecule has 0 radical (unpaired) electrons. The molecule has 0 aromatic rings. The Labute approximate surface area is 664 Å². The van der Waals surface area contributed by atoms with Gasteiger partial charge in [0, 0.05) is 25.7 Å². The fourth-order valence-corrected chi connectivity index (χ4v) is 15.5. The van der Waals surface area contributed by atoms with Crippen LogP contribution in [0.15, 0.2) is 0 Å². The molecule has 0 aromatic heterocycles. The first-order chi connectivity index (χ1) is 52.4. The lowest BCUT2D eigenvalue weighted by atomic mass is 10.0. The van der Waals surface area contributed by atoms with Gasteiger partial charge in [-0.05, 0) is 37.5 Å². The van der Waals surface area contributed by atoms with E-state index in [1.54, 1.807) is 0 Å². The van der Waals surface area contributed by atoms with Gasteiger partial charge in [0.15, 0.2) is 12.2 Å². The third kappa shape index (κ3) is 82.1. The van der Waals surface area contributed by atoms with Gasteiger partial charge in [-0.25, -0.2) is 9.13 Å². The highest BCUT2D eigenvalue weighted by Crippen LogP contribution is 2.45. The Morgan fingerprint density at radius 3 is 0.630 bits per heavy atom. The zero-order valence-corrected chi connectivity index (χ0v) is 73.0. The molecule has 0 saturated carbocycles. The van der Waals surface area contributed by atoms with E-state index in [2.05, 4.69) is 41.5 Å². The fraction of sp³-hybridized carbons (Fsp3) is 0.955. The van der Waals surface area contributed by atoms with Crippen LogP contribution in [-0.2, 0) is 65.4 Å². The molecule has 2 unspecified atom stereocenters. The summed E-state index contributed by atoms with van der Waals surface area (Å²) < 4.78 is 69.0. The summed E-state index contributed by atoms with van der Waals surface area (Å²) in [5.41, 5.74) is 0. The molecular formula is C89H174O17P2. The van der Waals surface area contributed by atoms with Gasteiger partial charge in [0.1, 0.15) is 19.3 Å². The second-order valence-corrected chi connectivity index (χ2v) is 35.8. The molecular weight excluding hydrogens is 1400 g/mol. The van der Waals surface area contributed by atoms with Crippen molar-refractivity contribution in [2.24, 2.45) is 11.8 Å². The Morgan fingerprint density at radius 1 is 0.250 bits per heavy atom. The van der Waals surface area contributed by atoms with E-state index in [9.17, 15) is 43.2 Å². The van der Waals surface area contributed by atoms with Crippen molar-refractivity contribution in [2.75, 3.05) is 39.6 Å². The second-order valence-electron chi connectivity index (χ2n) is 32.9. The maximum absolute atomic E-state index is 13.2. The van der Waals surface area contributed by atoms with E-state index in [1.165, 1.54) is 295 Å². The van der Waals surface area contributed by atoms with E-state index in [0.29, 0.717) is 25.7 Å². The van der Waals surface area contributed by atoms with Gasteiger partial charge in [0.2, 0.25) is 0 Å². The SMILES string of the molecule is CCCCCCCCCCCCCCCCCCCCCCCCC(=O)O[C@H](COC(=O)CCCCCCCCCCCCCCCCCCC(C)C)COP(=O)(O)OC[C@@H](O)COP(=O)(O)OC[C@@H](COC(=O)CCCCCCCCCCCCCCC)OC(=O)CCCCCCCCCCCCCC(C)C. The number of unbranched alkanes of at least 4 members (excludes halogenated alkanes) is 58. The molecule has 0 rings (SSSR count). The van der Waals surface area contributed by atoms with E-state index in [1.807, 2.05) is 0 Å². The average Bonchev–Trinajstić information content (AvgIpc) is 0.893. The van der Waals surface area contributed by atoms with Crippen LogP contribution >= 0.6 is 15.6 Å². The molecule has 0 aliphatic heterocycles. The number of phosphoric ester groups is 2. The molecule has 0 spiro atoms. The summed E-state index contributed by atoms with van der Waals surface area (Å²) in [5, 5.41) is 10.7. The van der Waals surface area contributed by atoms with E-state index >= 15 is 0 Å². The van der Waals surface area contributed by atoms with Crippen LogP contribution in [0.2, 0.25) is 0 Å². The normalized spacial score (nSPS) is 13.8. The van der Waals surface area contributed by atoms with Crippen LogP contribution in [0.3, 0.4) is 0 Å². The summed E-state index contributed by atoms with van der Waals surface area (Å²) in [6.45, 7) is 9.72. The fourth-order valence-electron chi connectivity index (χ4n) is 14.0. The monoisotopic (exact) mass is 1580 g/mol. The van der Waals surface area contributed by atoms with Gasteiger partial charge >= 0.3 is 39.5 Å². The van der Waals surface area contributed by atoms with Crippen LogP contribution < -0.4 is 0 Å². The lowest BCUT2D eigenvalue weighted by Gasteiger charge is -2.21. The van der Waals surface area contributed by atoms with Crippen molar-refractivity contribution in [1.29, 1.82) is 0 Å². The summed E-state index contributed by atoms with van der Waals surface area (Å²) in [5.74, 6) is -0.520. The summed E-state index contributed by atoms with van der Waals surface area (Å²) in [7, 11) is -9.93. The quantitative estimate of drug-likeness (QED) is 0.0222. The zero-order valence-electron chi connectivity index (χ0n) is 71.2. The second kappa shape index (κ2) is 80.3. The highest BCUT2D eigenvalue weighted by atomic mass is 31.2. The van der Waals surface area contributed by atoms with Crippen LogP contribution in [0.5, 0.6) is 0 Å². The van der Waals surface area contributed by atoms with Crippen LogP contribution in [0.25, 0.3) is 0 Å². The lowest BCUT2D eigenvalue weighted by molar-refractivity contribution is -0.161. The third-order valence-corrected chi connectivity index (χ3v) is 22.9. The molecule has 17 nitrogen and oxygen atoms in total. The number of aliphatic hydroxyl groups excluding tert-OH is 1. The number of phosphoric acid groups is 2. The summed E-state index contributed by atoms with van der Waals surface area (Å²) in [4.78, 5) is 73.3. The highest BCUT2D eigenvalue weighted by molar-refractivity contribution is 7.47. The van der Waals surface area contributed by atoms with E-state index in [-0.39, 0.29) is 25.7 Å². The first-order valence-electron chi connectivity index (χ1n) is 46.0. The molecule has 3 N–H and O–H groups in total. The van der Waals surface area contributed by atoms with Crippen LogP contribution in [-0.4, -0.2) is 96.7 Å². The molecule has 0 saturated heterocycles. The minimum absolute atomic E-state index is 0.107. The number of aliphatic hydroxyl groups is 1. The van der Waals surface area contributed by atoms with Crippen molar-refractivity contribution < 1.29 is 80.2 Å². The Morgan fingerprint density at radius 2 is 0.426 bits per heavy atom. The number of carbonyl (C=O) groups is 4. The Hall–Kier alpha value is -1.94. The highest BCUT2D eigenvalue weighted by Gasteiger charge is 2.31. The van der Waals surface area contributed by atoms with Crippen LogP contribution in [0.4, 0.5) is 0 Å². The van der Waals surface area contributed by atoms with E-state index in [4.69, 9.17) is 37.0 Å². The molecule has 5 atom stereocenters. The first kappa shape index (κ1) is 106. The van der Waals surface area contributed by atoms with Crippen LogP contribution in [0, 0.1) is 11.8 Å². The molecule has 0 aliphatic rings. The van der Waals surface area contributed by atoms with Gasteiger partial charge in [-0.15, -0.1) is 0 Å². The smallest absolute Gasteiger partial charge is 0.462 e. The van der Waals surface area contributed by atoms with Gasteiger partial charge < -0.3 is 33.8 Å². The number of esters is 4. The molecule has 0 fully saturated rings. The number of hydrogen-bond donors (Lipinski definition) is 3. The van der Waals surface area contributed by atoms with Gasteiger partial charge in [-0.1, -0.05) is 427 Å². The van der Waals surface area contributed by atoms with Crippen molar-refractivity contribution in [3.63, 3.8) is 0 Å². The zero-order chi connectivity index (χ0) is 79.2. The predicted molar refractivity (Wildman–Crippen MR) is 446 cm³/mol. The molecule has 0 aromatic carbocycles. The summed E-state index contributed by atoms with van der Waals surface area (Å²) >= 11 is 0. The Kier molecular flexibility index (Phi) is 78.8. The van der Waals surface area contributed by atoms with Crippen LogP contribution in [0.1, 0.15) is 478 Å². The topological polar surface area (TPSA) is 237 Å². The number of rotatable bonds is 88. The number of ether oxygens (including phenoxy) is 4. The lowest BCUT2D eigenvalue weighted by Crippen LogP contribution is -2.30. The maximum Gasteiger partial charge on any atom is 0.472 e. The van der Waals surface area contributed by atoms with E-state index < -0.39 is 97.5 Å². The van der Waals surface area contributed by atoms with E-state index in [0.717, 1.165) is 102 Å². The molecule has 0 amide bonds. The third-order valence-electron chi connectivity index (χ3n) is 21.0. The molecule has 19 heteroatoms. The minimum atomic E-state index is -4.97. The van der Waals surface area contributed by atoms with Crippen molar-refractivity contribution in [1.82, 2.24) is 0 Å². The van der Waals surface area contributed by atoms with Crippen molar-refractivity contribution in [3.05, 3.63) is 0 Å². The van der Waals surface area contributed by atoms with Crippen molar-refractivity contribution in [3.8, 4) is 0 Å². The Bertz CT molecular complexity index is 2060. The largest absolute Gasteiger partial charge is 0.472 e. The minimum Gasteiger partial charge on any atom is -0.462 e. The van der Waals surface area contributed by atoms with Gasteiger partial charge in [-0.3, -0.25) is 37.3 Å². The standard InChI is InChI=1S/C89H174O17P2/c1-7-9-11-13-15-17-19-21-22-23-24-25-26-27-28-33-37-43-49-55-61-67-73-88(93)105-84(77-100-87(92)72-66-60-54-48-42-36-32-30-29-31-35-39-45-51-57-63-69-81(3)4)79-103-107(95,96)101-75-83(90)76-102-108(97,98)104-80-85(78-99-86(91)71-65-59-53-47-41-34-20-18-16-14-12-10-8-2)106-89(94)74-68-62-56-50-44-38-40-46-52-58-64-70-82(5)6/h81-85,90H,7-80H2,1-6H3,(H,95,96)(H,97,98)/t83-,84-,85-/m1/s1. The molecule has 0 aliphatic carbocycles. The number of hydrogen-bond acceptors (Lipinski definition) is 15. The maximum atomic E-state index is 13.2.